The molecule has 1 aliphatic rings. The number of halogens is 1. The Morgan fingerprint density at radius 3 is 2.84 bits per heavy atom. The topological polar surface area (TPSA) is 63.1 Å². The molecule has 0 bridgehead atoms. The first-order valence-corrected chi connectivity index (χ1v) is 10.8. The standard InChI is InChI=1S/C25H24FN5O/c1-30-11-8-18-13-24(29-16-23(18)30)31(20-5-3-10-28-15-20)25(32)21-7-6-17(12-22(21)26)19-4-2-9-27-14-19/h2,4,6-9,11-14,16,20,28H,3,5,10,15H2,1H3/t20-/m1/s1. The second kappa shape index (κ2) is 8.51. The number of nitrogens with zero attached hydrogens (tertiary/aromatic N) is 4. The molecule has 0 spiro atoms. The number of pyridine rings is 2. The lowest BCUT2D eigenvalue weighted by Crippen LogP contribution is -2.49. The Labute approximate surface area is 185 Å². The average molecular weight is 429 g/mol. The third kappa shape index (κ3) is 3.76. The number of benzene rings is 1. The van der Waals surface area contributed by atoms with Crippen molar-refractivity contribution in [2.75, 3.05) is 18.0 Å². The maximum absolute atomic E-state index is 15.2. The van der Waals surface area contributed by atoms with E-state index in [2.05, 4.69) is 15.3 Å². The maximum Gasteiger partial charge on any atom is 0.262 e. The normalized spacial score (nSPS) is 16.2. The molecule has 1 fully saturated rings. The van der Waals surface area contributed by atoms with Crippen LogP contribution in [0.15, 0.2) is 67.3 Å². The number of carbonyl (C=O) groups excluding carboxylic acids is 1. The van der Waals surface area contributed by atoms with Crippen molar-refractivity contribution in [2.24, 2.45) is 7.05 Å². The third-order valence-electron chi connectivity index (χ3n) is 6.05. The minimum atomic E-state index is -0.550. The van der Waals surface area contributed by atoms with Gasteiger partial charge in [0.15, 0.2) is 0 Å². The van der Waals surface area contributed by atoms with Crippen LogP contribution in [0.25, 0.3) is 22.0 Å². The summed E-state index contributed by atoms with van der Waals surface area (Å²) in [7, 11) is 1.96. The van der Waals surface area contributed by atoms with Crippen LogP contribution < -0.4 is 10.2 Å². The lowest BCUT2D eigenvalue weighted by molar-refractivity contribution is 0.0967. The molecular formula is C25H24FN5O. The molecule has 1 aromatic carbocycles. The molecule has 1 aliphatic heterocycles. The van der Waals surface area contributed by atoms with Crippen molar-refractivity contribution in [3.63, 3.8) is 0 Å². The van der Waals surface area contributed by atoms with Gasteiger partial charge in [0.05, 0.1) is 23.3 Å². The minimum absolute atomic E-state index is 0.0400. The fraction of sp³-hybridized carbons (Fsp3) is 0.240. The first-order valence-electron chi connectivity index (χ1n) is 10.8. The first kappa shape index (κ1) is 20.3. The van der Waals surface area contributed by atoms with E-state index in [4.69, 9.17) is 0 Å². The number of fused-ring (bicyclic) bond motifs is 1. The van der Waals surface area contributed by atoms with Gasteiger partial charge in [-0.1, -0.05) is 12.1 Å². The highest BCUT2D eigenvalue weighted by atomic mass is 19.1. The van der Waals surface area contributed by atoms with Crippen LogP contribution in [0, 0.1) is 5.82 Å². The summed E-state index contributed by atoms with van der Waals surface area (Å²) in [5, 5.41) is 4.34. The molecule has 4 aromatic rings. The molecule has 0 unspecified atom stereocenters. The van der Waals surface area contributed by atoms with Gasteiger partial charge in [0, 0.05) is 43.1 Å². The Kier molecular flexibility index (Phi) is 5.41. The largest absolute Gasteiger partial charge is 0.349 e. The van der Waals surface area contributed by atoms with Gasteiger partial charge < -0.3 is 9.88 Å². The van der Waals surface area contributed by atoms with E-state index < -0.39 is 5.82 Å². The smallest absolute Gasteiger partial charge is 0.262 e. The van der Waals surface area contributed by atoms with Gasteiger partial charge in [-0.25, -0.2) is 9.37 Å². The molecule has 5 rings (SSSR count). The summed E-state index contributed by atoms with van der Waals surface area (Å²) in [6.07, 6.45) is 8.86. The van der Waals surface area contributed by atoms with Crippen molar-refractivity contribution in [2.45, 2.75) is 18.9 Å². The quantitative estimate of drug-likeness (QED) is 0.529. The number of aromatic nitrogens is 3. The van der Waals surface area contributed by atoms with E-state index in [1.807, 2.05) is 36.0 Å². The predicted molar refractivity (Wildman–Crippen MR) is 123 cm³/mol. The van der Waals surface area contributed by atoms with Gasteiger partial charge in [-0.3, -0.25) is 14.7 Å². The minimum Gasteiger partial charge on any atom is -0.349 e. The second-order valence-corrected chi connectivity index (χ2v) is 8.14. The molecule has 0 radical (unpaired) electrons. The number of aryl methyl sites for hydroxylation is 1. The lowest BCUT2D eigenvalue weighted by atomic mass is 10.0. The summed E-state index contributed by atoms with van der Waals surface area (Å²) in [4.78, 5) is 24.0. The Bertz CT molecular complexity index is 1260. The molecule has 0 aliphatic carbocycles. The van der Waals surface area contributed by atoms with E-state index in [1.54, 1.807) is 41.7 Å². The Morgan fingerprint density at radius 2 is 2.09 bits per heavy atom. The van der Waals surface area contributed by atoms with Crippen molar-refractivity contribution in [3.05, 3.63) is 78.6 Å². The zero-order valence-corrected chi connectivity index (χ0v) is 17.8. The van der Waals surface area contributed by atoms with Crippen LogP contribution in [0.2, 0.25) is 0 Å². The number of amides is 1. The molecule has 4 heterocycles. The van der Waals surface area contributed by atoms with Crippen molar-refractivity contribution in [3.8, 4) is 11.1 Å². The van der Waals surface area contributed by atoms with E-state index in [9.17, 15) is 4.79 Å². The van der Waals surface area contributed by atoms with Crippen LogP contribution in [0.5, 0.6) is 0 Å². The maximum atomic E-state index is 15.2. The van der Waals surface area contributed by atoms with E-state index in [0.717, 1.165) is 35.9 Å². The molecule has 1 atom stereocenters. The van der Waals surface area contributed by atoms with Crippen LogP contribution in [0.3, 0.4) is 0 Å². The summed E-state index contributed by atoms with van der Waals surface area (Å²) in [5.41, 5.74) is 2.50. The van der Waals surface area contributed by atoms with Gasteiger partial charge in [0.2, 0.25) is 0 Å². The van der Waals surface area contributed by atoms with Gasteiger partial charge in [0.1, 0.15) is 11.6 Å². The molecule has 3 aromatic heterocycles. The summed E-state index contributed by atoms with van der Waals surface area (Å²) in [6.45, 7) is 1.56. The molecule has 7 heteroatoms. The van der Waals surface area contributed by atoms with E-state index in [0.29, 0.717) is 17.9 Å². The highest BCUT2D eigenvalue weighted by Gasteiger charge is 2.30. The zero-order chi connectivity index (χ0) is 22.1. The third-order valence-corrected chi connectivity index (χ3v) is 6.05. The van der Waals surface area contributed by atoms with Gasteiger partial charge >= 0.3 is 0 Å². The number of rotatable bonds is 4. The van der Waals surface area contributed by atoms with Crippen molar-refractivity contribution in [1.82, 2.24) is 19.9 Å². The van der Waals surface area contributed by atoms with Crippen molar-refractivity contribution in [1.29, 1.82) is 0 Å². The molecule has 0 saturated carbocycles. The molecule has 1 amide bonds. The summed E-state index contributed by atoms with van der Waals surface area (Å²) >= 11 is 0. The van der Waals surface area contributed by atoms with Crippen LogP contribution in [-0.4, -0.2) is 39.6 Å². The highest BCUT2D eigenvalue weighted by Crippen LogP contribution is 2.28. The average Bonchev–Trinajstić information content (AvgIpc) is 3.20. The number of piperidine rings is 1. The van der Waals surface area contributed by atoms with E-state index in [-0.39, 0.29) is 17.5 Å². The number of hydrogen-bond donors (Lipinski definition) is 1. The zero-order valence-electron chi connectivity index (χ0n) is 17.8. The van der Waals surface area contributed by atoms with Gasteiger partial charge in [-0.05, 0) is 55.3 Å². The molecule has 1 saturated heterocycles. The summed E-state index contributed by atoms with van der Waals surface area (Å²) in [5.74, 6) is -0.388. The van der Waals surface area contributed by atoms with Gasteiger partial charge in [0.25, 0.3) is 5.91 Å². The first-order chi connectivity index (χ1) is 15.6. The lowest BCUT2D eigenvalue weighted by Gasteiger charge is -2.34. The van der Waals surface area contributed by atoms with E-state index in [1.165, 1.54) is 6.07 Å². The van der Waals surface area contributed by atoms with Crippen LogP contribution in [0.1, 0.15) is 23.2 Å². The summed E-state index contributed by atoms with van der Waals surface area (Å²) < 4.78 is 17.2. The monoisotopic (exact) mass is 429 g/mol. The van der Waals surface area contributed by atoms with E-state index >= 15 is 4.39 Å². The fourth-order valence-corrected chi connectivity index (χ4v) is 4.33. The second-order valence-electron chi connectivity index (χ2n) is 8.14. The molecule has 32 heavy (non-hydrogen) atoms. The summed E-state index contributed by atoms with van der Waals surface area (Å²) in [6, 6.07) is 12.2. The molecular weight excluding hydrogens is 405 g/mol. The van der Waals surface area contributed by atoms with Crippen LogP contribution in [0.4, 0.5) is 10.2 Å². The number of hydrogen-bond acceptors (Lipinski definition) is 4. The highest BCUT2D eigenvalue weighted by molar-refractivity contribution is 6.07. The SMILES string of the molecule is Cn1ccc2cc(N(C(=O)c3ccc(-c4cccnc4)cc3F)[C@@H]3CCCNC3)ncc21. The Hall–Kier alpha value is -3.58. The molecule has 6 nitrogen and oxygen atoms in total. The fourth-order valence-electron chi connectivity index (χ4n) is 4.33. The Balaban J connectivity index is 1.54. The number of anilines is 1. The van der Waals surface area contributed by atoms with Crippen molar-refractivity contribution >= 4 is 22.6 Å². The molecule has 162 valence electrons. The predicted octanol–water partition coefficient (Wildman–Crippen LogP) is 4.17. The van der Waals surface area contributed by atoms with Gasteiger partial charge in [-0.15, -0.1) is 0 Å². The molecule has 1 N–H and O–H groups in total. The van der Waals surface area contributed by atoms with Crippen molar-refractivity contribution < 1.29 is 9.18 Å². The van der Waals surface area contributed by atoms with Crippen LogP contribution in [-0.2, 0) is 7.05 Å². The van der Waals surface area contributed by atoms with Gasteiger partial charge in [-0.2, -0.15) is 0 Å². The number of nitrogens with one attached hydrogen (secondary N) is 1. The Morgan fingerprint density at radius 1 is 1.19 bits per heavy atom. The van der Waals surface area contributed by atoms with Crippen LogP contribution >= 0.6 is 0 Å². The number of carbonyl (C=O) groups is 1.